The maximum absolute atomic E-state index is 5.83. The van der Waals surface area contributed by atoms with Gasteiger partial charge in [0.2, 0.25) is 0 Å². The van der Waals surface area contributed by atoms with Crippen molar-refractivity contribution in [2.24, 2.45) is 10.7 Å². The summed E-state index contributed by atoms with van der Waals surface area (Å²) >= 11 is 0. The Morgan fingerprint density at radius 1 is 1.47 bits per heavy atom. The van der Waals surface area contributed by atoms with Crippen molar-refractivity contribution in [3.05, 3.63) is 24.4 Å². The summed E-state index contributed by atoms with van der Waals surface area (Å²) in [6.07, 6.45) is 7.09. The Hall–Kier alpha value is -1.62. The van der Waals surface area contributed by atoms with Gasteiger partial charge in [0, 0.05) is 18.8 Å². The lowest BCUT2D eigenvalue weighted by atomic mass is 10.2. The number of rotatable bonds is 5. The minimum atomic E-state index is 0.429. The number of hydrogen-bond donors (Lipinski definition) is 2. The first-order chi connectivity index (χ1) is 9.25. The van der Waals surface area contributed by atoms with E-state index in [4.69, 9.17) is 5.73 Å². The summed E-state index contributed by atoms with van der Waals surface area (Å²) in [5, 5.41) is 2.98. The summed E-state index contributed by atoms with van der Waals surface area (Å²) in [6, 6.07) is 6.39. The largest absolute Gasteiger partial charge is 0.370 e. The van der Waals surface area contributed by atoms with E-state index in [1.807, 2.05) is 18.2 Å². The van der Waals surface area contributed by atoms with Crippen LogP contribution in [0.3, 0.4) is 0 Å². The van der Waals surface area contributed by atoms with Gasteiger partial charge in [0.15, 0.2) is 5.96 Å². The second-order valence-corrected chi connectivity index (χ2v) is 5.03. The molecular formula is C14H23N5. The van der Waals surface area contributed by atoms with Gasteiger partial charge in [-0.05, 0) is 32.0 Å². The molecule has 0 atom stereocenters. The molecule has 0 saturated heterocycles. The highest BCUT2D eigenvalue weighted by Crippen LogP contribution is 2.21. The number of pyridine rings is 1. The summed E-state index contributed by atoms with van der Waals surface area (Å²) in [5.74, 6) is 1.16. The van der Waals surface area contributed by atoms with Crippen molar-refractivity contribution in [2.45, 2.75) is 31.7 Å². The monoisotopic (exact) mass is 261 g/mol. The fraction of sp³-hybridized carbons (Fsp3) is 0.571. The van der Waals surface area contributed by atoms with E-state index in [9.17, 15) is 0 Å². The van der Waals surface area contributed by atoms with E-state index in [2.05, 4.69) is 27.2 Å². The van der Waals surface area contributed by atoms with Crippen LogP contribution in [0.4, 0.5) is 5.82 Å². The molecule has 5 nitrogen and oxygen atoms in total. The van der Waals surface area contributed by atoms with Gasteiger partial charge in [-0.2, -0.15) is 0 Å². The van der Waals surface area contributed by atoms with Crippen molar-refractivity contribution in [1.29, 1.82) is 0 Å². The van der Waals surface area contributed by atoms with Gasteiger partial charge in [0.25, 0.3) is 0 Å². The van der Waals surface area contributed by atoms with Crippen LogP contribution in [-0.2, 0) is 0 Å². The van der Waals surface area contributed by atoms with Gasteiger partial charge in [-0.1, -0.05) is 18.9 Å². The molecule has 1 heterocycles. The number of guanidine groups is 1. The van der Waals surface area contributed by atoms with Crippen LogP contribution >= 0.6 is 0 Å². The van der Waals surface area contributed by atoms with E-state index in [1.165, 1.54) is 25.7 Å². The van der Waals surface area contributed by atoms with Crippen LogP contribution in [0.5, 0.6) is 0 Å². The minimum absolute atomic E-state index is 0.429. The number of aromatic nitrogens is 1. The van der Waals surface area contributed by atoms with E-state index in [-0.39, 0.29) is 0 Å². The van der Waals surface area contributed by atoms with E-state index in [1.54, 1.807) is 6.20 Å². The topological polar surface area (TPSA) is 66.5 Å². The number of nitrogens with zero attached hydrogens (tertiary/aromatic N) is 3. The van der Waals surface area contributed by atoms with Gasteiger partial charge in [0.05, 0.1) is 6.54 Å². The van der Waals surface area contributed by atoms with Gasteiger partial charge >= 0.3 is 0 Å². The number of anilines is 1. The fourth-order valence-corrected chi connectivity index (χ4v) is 2.46. The second-order valence-electron chi connectivity index (χ2n) is 5.03. The van der Waals surface area contributed by atoms with Gasteiger partial charge in [-0.3, -0.25) is 4.99 Å². The Balaban J connectivity index is 1.72. The van der Waals surface area contributed by atoms with Crippen LogP contribution in [0.2, 0.25) is 0 Å². The third kappa shape index (κ3) is 4.52. The highest BCUT2D eigenvalue weighted by molar-refractivity contribution is 5.91. The van der Waals surface area contributed by atoms with Crippen LogP contribution in [0.15, 0.2) is 29.4 Å². The molecule has 0 amide bonds. The molecule has 0 spiro atoms. The van der Waals surface area contributed by atoms with E-state index < -0.39 is 0 Å². The predicted molar refractivity (Wildman–Crippen MR) is 79.2 cm³/mol. The molecule has 0 bridgehead atoms. The van der Waals surface area contributed by atoms with Gasteiger partial charge in [-0.15, -0.1) is 0 Å². The molecule has 1 aromatic rings. The van der Waals surface area contributed by atoms with Crippen molar-refractivity contribution in [3.63, 3.8) is 0 Å². The first-order valence-corrected chi connectivity index (χ1v) is 6.94. The average molecular weight is 261 g/mol. The van der Waals surface area contributed by atoms with Crippen molar-refractivity contribution < 1.29 is 0 Å². The zero-order valence-corrected chi connectivity index (χ0v) is 11.5. The third-order valence-electron chi connectivity index (χ3n) is 3.60. The van der Waals surface area contributed by atoms with Crippen molar-refractivity contribution in [3.8, 4) is 0 Å². The van der Waals surface area contributed by atoms with Gasteiger partial charge < -0.3 is 16.0 Å². The van der Waals surface area contributed by atoms with Gasteiger partial charge in [0.1, 0.15) is 5.82 Å². The first kappa shape index (κ1) is 13.8. The van der Waals surface area contributed by atoms with Crippen molar-refractivity contribution in [2.75, 3.05) is 25.5 Å². The molecular weight excluding hydrogens is 238 g/mol. The van der Waals surface area contributed by atoms with E-state index in [0.717, 1.165) is 24.9 Å². The lowest BCUT2D eigenvalue weighted by molar-refractivity contribution is 0.252. The maximum Gasteiger partial charge on any atom is 0.194 e. The Kier molecular flexibility index (Phi) is 5.15. The standard InChI is InChI=1S/C14H23N5/c1-19(12-6-2-3-7-12)11-10-17-14(15)18-13-8-4-5-9-16-13/h4-5,8-9,12H,2-3,6-7,10-11H2,1H3,(H3,15,16,17,18). The molecule has 1 aliphatic carbocycles. The lowest BCUT2D eigenvalue weighted by Gasteiger charge is -2.22. The highest BCUT2D eigenvalue weighted by atomic mass is 15.2. The molecule has 1 aromatic heterocycles. The summed E-state index contributed by atoms with van der Waals surface area (Å²) in [6.45, 7) is 1.67. The molecule has 0 unspecified atom stereocenters. The summed E-state index contributed by atoms with van der Waals surface area (Å²) in [4.78, 5) is 10.9. The molecule has 1 aliphatic rings. The number of likely N-dealkylation sites (N-methyl/N-ethyl adjacent to an activating group) is 1. The van der Waals surface area contributed by atoms with E-state index in [0.29, 0.717) is 5.96 Å². The van der Waals surface area contributed by atoms with Gasteiger partial charge in [-0.25, -0.2) is 4.98 Å². The number of aliphatic imine (C=N–C) groups is 1. The Morgan fingerprint density at radius 2 is 2.26 bits per heavy atom. The summed E-state index contributed by atoms with van der Waals surface area (Å²) in [7, 11) is 2.17. The highest BCUT2D eigenvalue weighted by Gasteiger charge is 2.18. The molecule has 104 valence electrons. The smallest absolute Gasteiger partial charge is 0.194 e. The van der Waals surface area contributed by atoms with Crippen molar-refractivity contribution >= 4 is 11.8 Å². The fourth-order valence-electron chi connectivity index (χ4n) is 2.46. The lowest BCUT2D eigenvalue weighted by Crippen LogP contribution is -2.32. The molecule has 5 heteroatoms. The summed E-state index contributed by atoms with van der Waals surface area (Å²) < 4.78 is 0. The average Bonchev–Trinajstić information content (AvgIpc) is 2.93. The predicted octanol–water partition coefficient (Wildman–Crippen LogP) is 1.68. The third-order valence-corrected chi connectivity index (χ3v) is 3.60. The molecule has 3 N–H and O–H groups in total. The molecule has 0 radical (unpaired) electrons. The van der Waals surface area contributed by atoms with E-state index >= 15 is 0 Å². The van der Waals surface area contributed by atoms with Crippen LogP contribution in [0, 0.1) is 0 Å². The van der Waals surface area contributed by atoms with Crippen LogP contribution in [0.1, 0.15) is 25.7 Å². The van der Waals surface area contributed by atoms with Crippen molar-refractivity contribution in [1.82, 2.24) is 9.88 Å². The Labute approximate surface area is 114 Å². The zero-order chi connectivity index (χ0) is 13.5. The quantitative estimate of drug-likeness (QED) is 0.625. The Bertz CT molecular complexity index is 398. The normalized spacial score (nSPS) is 17.1. The molecule has 1 saturated carbocycles. The minimum Gasteiger partial charge on any atom is -0.370 e. The maximum atomic E-state index is 5.83. The molecule has 2 rings (SSSR count). The second kappa shape index (κ2) is 7.09. The zero-order valence-electron chi connectivity index (χ0n) is 11.5. The van der Waals surface area contributed by atoms with Crippen LogP contribution < -0.4 is 11.1 Å². The molecule has 0 aromatic carbocycles. The number of nitrogens with two attached hydrogens (primary N) is 1. The van der Waals surface area contributed by atoms with Crippen LogP contribution in [0.25, 0.3) is 0 Å². The van der Waals surface area contributed by atoms with Crippen LogP contribution in [-0.4, -0.2) is 42.0 Å². The number of nitrogens with one attached hydrogen (secondary N) is 1. The Morgan fingerprint density at radius 3 is 2.95 bits per heavy atom. The molecule has 1 fully saturated rings. The molecule has 0 aliphatic heterocycles. The SMILES string of the molecule is CN(CCN=C(N)Nc1ccccn1)C1CCCC1. The first-order valence-electron chi connectivity index (χ1n) is 6.94. The summed E-state index contributed by atoms with van der Waals surface area (Å²) in [5.41, 5.74) is 5.83. The molecule has 19 heavy (non-hydrogen) atoms. The number of hydrogen-bond acceptors (Lipinski definition) is 3.